The van der Waals surface area contributed by atoms with Crippen molar-refractivity contribution in [3.63, 3.8) is 0 Å². The maximum absolute atomic E-state index is 8.62. The molecule has 8 heavy (non-hydrogen) atoms. The summed E-state index contributed by atoms with van der Waals surface area (Å²) in [7, 11) is 1.78. The predicted octanol–water partition coefficient (Wildman–Crippen LogP) is -0.519. The van der Waals surface area contributed by atoms with Crippen LogP contribution in [-0.4, -0.2) is 24.3 Å². The molecule has 0 spiro atoms. The first kappa shape index (κ1) is 7.88. The van der Waals surface area contributed by atoms with Crippen molar-refractivity contribution in [3.05, 3.63) is 0 Å². The average molecular weight is 118 g/mol. The molecule has 3 N–H and O–H groups in total. The maximum Gasteiger partial charge on any atom is 0.0621 e. The summed E-state index contributed by atoms with van der Waals surface area (Å²) < 4.78 is 0. The molecular formula is C5H14N2O. The minimum atomic E-state index is -0.214. The van der Waals surface area contributed by atoms with Gasteiger partial charge in [-0.3, -0.25) is 10.9 Å². The molecule has 3 heteroatoms. The Hall–Kier alpha value is -0.120. The van der Waals surface area contributed by atoms with Crippen molar-refractivity contribution in [2.24, 2.45) is 0 Å². The van der Waals surface area contributed by atoms with Gasteiger partial charge in [0, 0.05) is 5.54 Å². The Labute approximate surface area is 50.1 Å². The first-order valence-corrected chi connectivity index (χ1v) is 2.67. The van der Waals surface area contributed by atoms with E-state index in [1.807, 2.05) is 13.8 Å². The predicted molar refractivity (Wildman–Crippen MR) is 33.4 cm³/mol. The highest BCUT2D eigenvalue weighted by Crippen LogP contribution is 1.95. The zero-order valence-corrected chi connectivity index (χ0v) is 5.65. The van der Waals surface area contributed by atoms with E-state index in [2.05, 4.69) is 10.9 Å². The van der Waals surface area contributed by atoms with Crippen LogP contribution in [0.25, 0.3) is 0 Å². The van der Waals surface area contributed by atoms with Gasteiger partial charge in [0.2, 0.25) is 0 Å². The molecule has 0 aliphatic carbocycles. The van der Waals surface area contributed by atoms with Crippen LogP contribution in [0, 0.1) is 0 Å². The van der Waals surface area contributed by atoms with Crippen molar-refractivity contribution in [2.75, 3.05) is 13.7 Å². The first-order valence-electron chi connectivity index (χ1n) is 2.67. The summed E-state index contributed by atoms with van der Waals surface area (Å²) in [5, 5.41) is 8.62. The summed E-state index contributed by atoms with van der Waals surface area (Å²) in [4.78, 5) is 0. The van der Waals surface area contributed by atoms with E-state index in [-0.39, 0.29) is 12.1 Å². The standard InChI is InChI=1S/C5H14N2O/c1-5(2,4-8)7-6-3/h6-8H,4H2,1-3H3. The largest absolute Gasteiger partial charge is 0.394 e. The molecule has 0 aromatic rings. The van der Waals surface area contributed by atoms with E-state index in [0.29, 0.717) is 0 Å². The molecule has 0 radical (unpaired) electrons. The lowest BCUT2D eigenvalue weighted by molar-refractivity contribution is 0.177. The molecule has 0 fully saturated rings. The molecule has 0 saturated heterocycles. The molecule has 0 rings (SSSR count). The molecule has 0 amide bonds. The van der Waals surface area contributed by atoms with Crippen molar-refractivity contribution in [1.29, 1.82) is 0 Å². The van der Waals surface area contributed by atoms with E-state index in [9.17, 15) is 0 Å². The van der Waals surface area contributed by atoms with Crippen LogP contribution in [0.1, 0.15) is 13.8 Å². The number of aliphatic hydroxyl groups is 1. The van der Waals surface area contributed by atoms with Crippen LogP contribution in [0.2, 0.25) is 0 Å². The van der Waals surface area contributed by atoms with Gasteiger partial charge < -0.3 is 5.11 Å². The molecule has 3 nitrogen and oxygen atoms in total. The smallest absolute Gasteiger partial charge is 0.0621 e. The summed E-state index contributed by atoms with van der Waals surface area (Å²) in [6, 6.07) is 0. The second kappa shape index (κ2) is 3.02. The van der Waals surface area contributed by atoms with Gasteiger partial charge in [0.25, 0.3) is 0 Å². The van der Waals surface area contributed by atoms with E-state index < -0.39 is 0 Å². The third-order valence-electron chi connectivity index (χ3n) is 0.859. The van der Waals surface area contributed by atoms with Crippen LogP contribution in [0.15, 0.2) is 0 Å². The van der Waals surface area contributed by atoms with Crippen molar-refractivity contribution in [1.82, 2.24) is 10.9 Å². The molecule has 0 atom stereocenters. The monoisotopic (exact) mass is 118 g/mol. The van der Waals surface area contributed by atoms with Gasteiger partial charge in [-0.25, -0.2) is 0 Å². The van der Waals surface area contributed by atoms with E-state index >= 15 is 0 Å². The van der Waals surface area contributed by atoms with Crippen molar-refractivity contribution < 1.29 is 5.11 Å². The van der Waals surface area contributed by atoms with Crippen molar-refractivity contribution >= 4 is 0 Å². The number of nitrogens with one attached hydrogen (secondary N) is 2. The summed E-state index contributed by atoms with van der Waals surface area (Å²) in [5.74, 6) is 0. The summed E-state index contributed by atoms with van der Waals surface area (Å²) in [5.41, 5.74) is 5.41. The minimum Gasteiger partial charge on any atom is -0.394 e. The number of aliphatic hydroxyl groups excluding tert-OH is 1. The Morgan fingerprint density at radius 2 is 2.00 bits per heavy atom. The van der Waals surface area contributed by atoms with Crippen molar-refractivity contribution in [3.8, 4) is 0 Å². The van der Waals surface area contributed by atoms with Crippen LogP contribution in [0.4, 0.5) is 0 Å². The van der Waals surface area contributed by atoms with E-state index in [0.717, 1.165) is 0 Å². The van der Waals surface area contributed by atoms with E-state index in [1.165, 1.54) is 0 Å². The van der Waals surface area contributed by atoms with Gasteiger partial charge in [-0.1, -0.05) is 0 Å². The lowest BCUT2D eigenvalue weighted by atomic mass is 10.1. The molecule has 0 aromatic heterocycles. The molecule has 0 bridgehead atoms. The highest BCUT2D eigenvalue weighted by Gasteiger charge is 2.12. The number of hydrogen-bond acceptors (Lipinski definition) is 3. The van der Waals surface area contributed by atoms with Gasteiger partial charge in [0.05, 0.1) is 6.61 Å². The topological polar surface area (TPSA) is 44.3 Å². The molecule has 0 heterocycles. The lowest BCUT2D eigenvalue weighted by Crippen LogP contribution is -2.48. The van der Waals surface area contributed by atoms with E-state index in [1.54, 1.807) is 7.05 Å². The molecule has 0 aromatic carbocycles. The quantitative estimate of drug-likeness (QED) is 0.437. The highest BCUT2D eigenvalue weighted by molar-refractivity contribution is 4.72. The Morgan fingerprint density at radius 1 is 1.50 bits per heavy atom. The van der Waals surface area contributed by atoms with Gasteiger partial charge in [0.15, 0.2) is 0 Å². The molecule has 0 aliphatic heterocycles. The SMILES string of the molecule is CNNC(C)(C)CO. The minimum absolute atomic E-state index is 0.133. The van der Waals surface area contributed by atoms with Gasteiger partial charge in [0.1, 0.15) is 0 Å². The maximum atomic E-state index is 8.62. The first-order chi connectivity index (χ1) is 3.62. The summed E-state index contributed by atoms with van der Waals surface area (Å²) in [6.07, 6.45) is 0. The van der Waals surface area contributed by atoms with Gasteiger partial charge in [-0.15, -0.1) is 0 Å². The third-order valence-corrected chi connectivity index (χ3v) is 0.859. The molecule has 0 unspecified atom stereocenters. The zero-order valence-electron chi connectivity index (χ0n) is 5.65. The number of rotatable bonds is 3. The van der Waals surface area contributed by atoms with E-state index in [4.69, 9.17) is 5.11 Å². The summed E-state index contributed by atoms with van der Waals surface area (Å²) in [6.45, 7) is 3.95. The van der Waals surface area contributed by atoms with Crippen LogP contribution in [0.5, 0.6) is 0 Å². The molecule has 0 aliphatic rings. The van der Waals surface area contributed by atoms with Gasteiger partial charge in [-0.05, 0) is 20.9 Å². The van der Waals surface area contributed by atoms with Crippen LogP contribution >= 0.6 is 0 Å². The zero-order chi connectivity index (χ0) is 6.62. The average Bonchev–Trinajstić information content (AvgIpc) is 1.67. The fourth-order valence-electron chi connectivity index (χ4n) is 0.378. The highest BCUT2D eigenvalue weighted by atomic mass is 16.3. The molecule has 0 saturated carbocycles. The third kappa shape index (κ3) is 2.96. The van der Waals surface area contributed by atoms with Crippen LogP contribution < -0.4 is 10.9 Å². The summed E-state index contributed by atoms with van der Waals surface area (Å²) >= 11 is 0. The number of hydrogen-bond donors (Lipinski definition) is 3. The Balaban J connectivity index is 3.37. The second-order valence-corrected chi connectivity index (χ2v) is 2.42. The Morgan fingerprint density at radius 3 is 2.12 bits per heavy atom. The van der Waals surface area contributed by atoms with Gasteiger partial charge in [-0.2, -0.15) is 0 Å². The molecular weight excluding hydrogens is 104 g/mol. The Bertz CT molecular complexity index is 63.4. The number of hydrazine groups is 1. The fourth-order valence-corrected chi connectivity index (χ4v) is 0.378. The second-order valence-electron chi connectivity index (χ2n) is 2.42. The lowest BCUT2D eigenvalue weighted by Gasteiger charge is -2.22. The fraction of sp³-hybridized carbons (Fsp3) is 1.00. The van der Waals surface area contributed by atoms with Crippen LogP contribution in [0.3, 0.4) is 0 Å². The molecule has 50 valence electrons. The van der Waals surface area contributed by atoms with Crippen LogP contribution in [-0.2, 0) is 0 Å². The van der Waals surface area contributed by atoms with Crippen molar-refractivity contribution in [2.45, 2.75) is 19.4 Å². The Kier molecular flexibility index (Phi) is 2.97. The normalized spacial score (nSPS) is 12.0. The van der Waals surface area contributed by atoms with Gasteiger partial charge >= 0.3 is 0 Å².